The summed E-state index contributed by atoms with van der Waals surface area (Å²) in [6.07, 6.45) is 2.05. The number of fused-ring (bicyclic) bond motifs is 1. The molecule has 0 aliphatic carbocycles. The van der Waals surface area contributed by atoms with Crippen LogP contribution in [0.5, 0.6) is 0 Å². The topological polar surface area (TPSA) is 75.7 Å². The molecular formula is C18H24N2O4S. The van der Waals surface area contributed by atoms with Crippen LogP contribution < -0.4 is 5.32 Å². The lowest BCUT2D eigenvalue weighted by molar-refractivity contribution is 0.0467. The summed E-state index contributed by atoms with van der Waals surface area (Å²) in [5.41, 5.74) is 0.214. The number of alkyl carbamates (subject to hydrolysis) is 1. The average molecular weight is 364 g/mol. The first-order valence-corrected chi connectivity index (χ1v) is 9.56. The van der Waals surface area contributed by atoms with E-state index in [1.54, 1.807) is 56.8 Å². The second-order valence-corrected chi connectivity index (χ2v) is 7.88. The highest BCUT2D eigenvalue weighted by molar-refractivity contribution is 7.98. The van der Waals surface area contributed by atoms with Gasteiger partial charge in [0.1, 0.15) is 5.60 Å². The molecule has 1 N–H and O–H groups in total. The summed E-state index contributed by atoms with van der Waals surface area (Å²) in [6.45, 7) is 5.49. The predicted octanol–water partition coefficient (Wildman–Crippen LogP) is 2.93. The maximum absolute atomic E-state index is 12.5. The van der Waals surface area contributed by atoms with Crippen molar-refractivity contribution in [2.75, 3.05) is 18.6 Å². The Balaban J connectivity index is 2.08. The zero-order valence-corrected chi connectivity index (χ0v) is 15.8. The van der Waals surface area contributed by atoms with Crippen molar-refractivity contribution in [3.63, 3.8) is 0 Å². The van der Waals surface area contributed by atoms with Crippen LogP contribution in [-0.2, 0) is 4.74 Å². The molecule has 1 aromatic rings. The van der Waals surface area contributed by atoms with Crippen molar-refractivity contribution in [3.05, 3.63) is 35.4 Å². The molecule has 1 aromatic carbocycles. The lowest BCUT2D eigenvalue weighted by atomic mass is 10.1. The summed E-state index contributed by atoms with van der Waals surface area (Å²) in [5, 5.41) is 2.78. The quantitative estimate of drug-likeness (QED) is 0.786. The van der Waals surface area contributed by atoms with Crippen molar-refractivity contribution in [1.29, 1.82) is 0 Å². The molecule has 0 aromatic heterocycles. The average Bonchev–Trinajstić information content (AvgIpc) is 2.76. The molecule has 2 rings (SSSR count). The summed E-state index contributed by atoms with van der Waals surface area (Å²) >= 11 is 1.64. The van der Waals surface area contributed by atoms with Crippen LogP contribution in [0, 0.1) is 0 Å². The van der Waals surface area contributed by atoms with Crippen LogP contribution in [0.4, 0.5) is 4.79 Å². The fourth-order valence-electron chi connectivity index (χ4n) is 2.57. The van der Waals surface area contributed by atoms with E-state index < -0.39 is 11.7 Å². The second-order valence-electron chi connectivity index (χ2n) is 6.89. The molecule has 0 spiro atoms. The molecule has 1 atom stereocenters. The normalized spacial score (nSPS) is 15.1. The third-order valence-corrected chi connectivity index (χ3v) is 4.32. The molecule has 1 aliphatic rings. The van der Waals surface area contributed by atoms with Crippen LogP contribution in [0.1, 0.15) is 47.9 Å². The van der Waals surface area contributed by atoms with Crippen molar-refractivity contribution < 1.29 is 19.1 Å². The van der Waals surface area contributed by atoms with Gasteiger partial charge in [0.15, 0.2) is 0 Å². The van der Waals surface area contributed by atoms with E-state index in [-0.39, 0.29) is 24.4 Å². The molecular weight excluding hydrogens is 340 g/mol. The molecule has 6 nitrogen and oxygen atoms in total. The second kappa shape index (κ2) is 7.91. The van der Waals surface area contributed by atoms with Crippen molar-refractivity contribution in [2.45, 2.75) is 38.8 Å². The van der Waals surface area contributed by atoms with Gasteiger partial charge in [-0.1, -0.05) is 12.1 Å². The van der Waals surface area contributed by atoms with Crippen LogP contribution in [0.3, 0.4) is 0 Å². The van der Waals surface area contributed by atoms with Crippen molar-refractivity contribution >= 4 is 29.7 Å². The zero-order chi connectivity index (χ0) is 18.6. The lowest BCUT2D eigenvalue weighted by Crippen LogP contribution is -2.47. The van der Waals surface area contributed by atoms with E-state index >= 15 is 0 Å². The molecule has 3 amide bonds. The Morgan fingerprint density at radius 3 is 2.24 bits per heavy atom. The van der Waals surface area contributed by atoms with E-state index in [4.69, 9.17) is 4.74 Å². The zero-order valence-electron chi connectivity index (χ0n) is 15.0. The molecule has 25 heavy (non-hydrogen) atoms. The molecule has 0 saturated carbocycles. The van der Waals surface area contributed by atoms with Crippen LogP contribution in [0.2, 0.25) is 0 Å². The number of amides is 3. The van der Waals surface area contributed by atoms with Crippen LogP contribution in [0.15, 0.2) is 24.3 Å². The standard InChI is InChI=1S/C18H24N2O4S/c1-18(2,3)24-17(23)19-12(9-10-25-4)11-20-15(21)13-7-5-6-8-14(13)16(20)22/h5-8,12H,9-11H2,1-4H3,(H,19,23). The predicted molar refractivity (Wildman–Crippen MR) is 98.0 cm³/mol. The highest BCUT2D eigenvalue weighted by Gasteiger charge is 2.36. The summed E-state index contributed by atoms with van der Waals surface area (Å²) in [7, 11) is 0. The lowest BCUT2D eigenvalue weighted by Gasteiger charge is -2.26. The van der Waals surface area contributed by atoms with E-state index in [1.807, 2.05) is 6.26 Å². The highest BCUT2D eigenvalue weighted by Crippen LogP contribution is 2.23. The first-order chi connectivity index (χ1) is 11.7. The number of rotatable bonds is 6. The molecule has 0 bridgehead atoms. The van der Waals surface area contributed by atoms with Gasteiger partial charge in [-0.2, -0.15) is 11.8 Å². The van der Waals surface area contributed by atoms with Gasteiger partial charge in [0.2, 0.25) is 0 Å². The highest BCUT2D eigenvalue weighted by atomic mass is 32.2. The SMILES string of the molecule is CSCCC(CN1C(=O)c2ccccc2C1=O)NC(=O)OC(C)(C)C. The number of nitrogens with one attached hydrogen (secondary N) is 1. The van der Waals surface area contributed by atoms with E-state index in [0.717, 1.165) is 5.75 Å². The number of thioether (sulfide) groups is 1. The maximum Gasteiger partial charge on any atom is 0.407 e. The van der Waals surface area contributed by atoms with E-state index in [0.29, 0.717) is 17.5 Å². The van der Waals surface area contributed by atoms with Crippen LogP contribution >= 0.6 is 11.8 Å². The van der Waals surface area contributed by atoms with Crippen molar-refractivity contribution in [1.82, 2.24) is 10.2 Å². The van der Waals surface area contributed by atoms with Gasteiger partial charge in [0.05, 0.1) is 17.2 Å². The van der Waals surface area contributed by atoms with Gasteiger partial charge < -0.3 is 10.1 Å². The van der Waals surface area contributed by atoms with Gasteiger partial charge in [-0.15, -0.1) is 0 Å². The number of hydrogen-bond donors (Lipinski definition) is 1. The Morgan fingerprint density at radius 1 is 1.20 bits per heavy atom. The summed E-state index contributed by atoms with van der Waals surface area (Å²) < 4.78 is 5.28. The number of hydrogen-bond acceptors (Lipinski definition) is 5. The number of ether oxygens (including phenoxy) is 1. The molecule has 1 heterocycles. The monoisotopic (exact) mass is 364 g/mol. The van der Waals surface area contributed by atoms with Gasteiger partial charge in [-0.3, -0.25) is 14.5 Å². The molecule has 7 heteroatoms. The minimum Gasteiger partial charge on any atom is -0.444 e. The van der Waals surface area contributed by atoms with Gasteiger partial charge in [-0.25, -0.2) is 4.79 Å². The molecule has 0 fully saturated rings. The Kier molecular flexibility index (Phi) is 6.11. The summed E-state index contributed by atoms with van der Waals surface area (Å²) in [4.78, 5) is 38.2. The Morgan fingerprint density at radius 2 is 1.76 bits per heavy atom. The van der Waals surface area contributed by atoms with Crippen LogP contribution in [-0.4, -0.2) is 53.0 Å². The number of carbonyl (C=O) groups excluding carboxylic acids is 3. The molecule has 1 unspecified atom stereocenters. The molecule has 0 radical (unpaired) electrons. The largest absolute Gasteiger partial charge is 0.444 e. The maximum atomic E-state index is 12.5. The molecule has 0 saturated heterocycles. The van der Waals surface area contributed by atoms with E-state index in [2.05, 4.69) is 5.32 Å². The Labute approximate surface area is 152 Å². The number of imide groups is 1. The summed E-state index contributed by atoms with van der Waals surface area (Å²) in [6, 6.07) is 6.40. The first-order valence-electron chi connectivity index (χ1n) is 8.16. The Bertz CT molecular complexity index is 634. The summed E-state index contributed by atoms with van der Waals surface area (Å²) in [5.74, 6) is 0.158. The third kappa shape index (κ3) is 4.98. The first kappa shape index (κ1) is 19.3. The number of nitrogens with zero attached hydrogens (tertiary/aromatic N) is 1. The van der Waals surface area contributed by atoms with Gasteiger partial charge in [-0.05, 0) is 51.3 Å². The fourth-order valence-corrected chi connectivity index (χ4v) is 3.09. The van der Waals surface area contributed by atoms with Crippen molar-refractivity contribution in [2.24, 2.45) is 0 Å². The van der Waals surface area contributed by atoms with Gasteiger partial charge in [0, 0.05) is 6.54 Å². The third-order valence-electron chi connectivity index (χ3n) is 3.67. The minimum absolute atomic E-state index is 0.131. The van der Waals surface area contributed by atoms with Gasteiger partial charge >= 0.3 is 6.09 Å². The minimum atomic E-state index is -0.607. The van der Waals surface area contributed by atoms with Crippen molar-refractivity contribution in [3.8, 4) is 0 Å². The van der Waals surface area contributed by atoms with E-state index in [9.17, 15) is 14.4 Å². The van der Waals surface area contributed by atoms with Gasteiger partial charge in [0.25, 0.3) is 11.8 Å². The Hall–Kier alpha value is -2.02. The molecule has 1 aliphatic heterocycles. The fraction of sp³-hybridized carbons (Fsp3) is 0.500. The number of carbonyl (C=O) groups is 3. The van der Waals surface area contributed by atoms with E-state index in [1.165, 1.54) is 4.90 Å². The van der Waals surface area contributed by atoms with Crippen LogP contribution in [0.25, 0.3) is 0 Å². The number of benzene rings is 1. The smallest absolute Gasteiger partial charge is 0.407 e. The molecule has 136 valence electrons.